The van der Waals surface area contributed by atoms with E-state index in [4.69, 9.17) is 0 Å². The minimum absolute atomic E-state index is 0.629. The summed E-state index contributed by atoms with van der Waals surface area (Å²) < 4.78 is 0. The third-order valence-electron chi connectivity index (χ3n) is 8.29. The van der Waals surface area contributed by atoms with Crippen molar-refractivity contribution < 1.29 is 0 Å². The lowest BCUT2D eigenvalue weighted by Crippen LogP contribution is -2.61. The highest BCUT2D eigenvalue weighted by Crippen LogP contribution is 2.39. The van der Waals surface area contributed by atoms with Gasteiger partial charge in [-0.3, -0.25) is 0 Å². The molecule has 1 nitrogen and oxygen atoms in total. The van der Waals surface area contributed by atoms with Gasteiger partial charge in [0.05, 0.1) is 0 Å². The maximum absolute atomic E-state index is 2.62. The van der Waals surface area contributed by atoms with Gasteiger partial charge in [-0.15, -0.1) is 0 Å². The molecule has 0 saturated heterocycles. The van der Waals surface area contributed by atoms with E-state index < -0.39 is 8.07 Å². The standard InChI is InChI=1S/C31H37NSi/c1-7-18-33(6)29-15-10-12-21(4)30(29)32(5)28-17-16-24-19-26-23(20-27(24)31(28)33)13-11-14-25(26)22(8-2)9-3/h10-17,19-20,22H,7-9,18H2,1-6H3. The summed E-state index contributed by atoms with van der Waals surface area (Å²) in [5.74, 6) is 0.629. The molecule has 0 N–H and O–H groups in total. The lowest BCUT2D eigenvalue weighted by atomic mass is 9.88. The minimum Gasteiger partial charge on any atom is -0.345 e. The molecule has 4 aromatic carbocycles. The fourth-order valence-corrected chi connectivity index (χ4v) is 11.4. The highest BCUT2D eigenvalue weighted by atomic mass is 28.3. The second-order valence-electron chi connectivity index (χ2n) is 10.2. The number of aryl methyl sites for hydroxylation is 1. The van der Waals surface area contributed by atoms with Crippen LogP contribution in [0.5, 0.6) is 0 Å². The summed E-state index contributed by atoms with van der Waals surface area (Å²) in [6.45, 7) is 11.9. The second-order valence-corrected chi connectivity index (χ2v) is 14.4. The van der Waals surface area contributed by atoms with Crippen molar-refractivity contribution in [3.8, 4) is 0 Å². The van der Waals surface area contributed by atoms with Crippen LogP contribution >= 0.6 is 0 Å². The van der Waals surface area contributed by atoms with Crippen molar-refractivity contribution in [1.29, 1.82) is 0 Å². The molecule has 0 radical (unpaired) electrons. The monoisotopic (exact) mass is 451 g/mol. The average Bonchev–Trinajstić information content (AvgIpc) is 2.82. The zero-order valence-electron chi connectivity index (χ0n) is 21.1. The lowest BCUT2D eigenvalue weighted by molar-refractivity contribution is 0.646. The van der Waals surface area contributed by atoms with Gasteiger partial charge < -0.3 is 4.90 Å². The van der Waals surface area contributed by atoms with Crippen LogP contribution in [0.15, 0.2) is 60.7 Å². The molecule has 1 aliphatic rings. The molecule has 1 atom stereocenters. The van der Waals surface area contributed by atoms with Crippen LogP contribution < -0.4 is 15.3 Å². The molecule has 170 valence electrons. The van der Waals surface area contributed by atoms with E-state index in [2.05, 4.69) is 107 Å². The van der Waals surface area contributed by atoms with E-state index in [0.717, 1.165) is 0 Å². The molecule has 0 saturated carbocycles. The number of rotatable bonds is 5. The molecule has 0 aromatic heterocycles. The summed E-state index contributed by atoms with van der Waals surface area (Å²) in [5, 5.41) is 8.96. The zero-order chi connectivity index (χ0) is 23.3. The lowest BCUT2D eigenvalue weighted by Gasteiger charge is -2.43. The van der Waals surface area contributed by atoms with Crippen molar-refractivity contribution in [3.63, 3.8) is 0 Å². The number of hydrogen-bond acceptors (Lipinski definition) is 1. The van der Waals surface area contributed by atoms with Gasteiger partial charge in [0.1, 0.15) is 8.07 Å². The van der Waals surface area contributed by atoms with Crippen LogP contribution in [-0.4, -0.2) is 15.1 Å². The van der Waals surface area contributed by atoms with Crippen molar-refractivity contribution in [2.24, 2.45) is 0 Å². The Hall–Kier alpha value is -2.58. The third kappa shape index (κ3) is 3.26. The maximum Gasteiger partial charge on any atom is 0.121 e. The van der Waals surface area contributed by atoms with Crippen molar-refractivity contribution in [2.45, 2.75) is 65.5 Å². The molecule has 5 rings (SSSR count). The number of fused-ring (bicyclic) bond motifs is 5. The predicted molar refractivity (Wildman–Crippen MR) is 150 cm³/mol. The zero-order valence-corrected chi connectivity index (χ0v) is 22.1. The highest BCUT2D eigenvalue weighted by molar-refractivity contribution is 7.05. The Morgan fingerprint density at radius 2 is 1.55 bits per heavy atom. The number of para-hydroxylation sites is 1. The van der Waals surface area contributed by atoms with Gasteiger partial charge in [-0.2, -0.15) is 0 Å². The fraction of sp³-hybridized carbons (Fsp3) is 0.355. The fourth-order valence-electron chi connectivity index (χ4n) is 6.62. The van der Waals surface area contributed by atoms with Gasteiger partial charge >= 0.3 is 0 Å². The van der Waals surface area contributed by atoms with Crippen LogP contribution in [0.1, 0.15) is 57.1 Å². The van der Waals surface area contributed by atoms with E-state index in [9.17, 15) is 0 Å². The van der Waals surface area contributed by atoms with E-state index >= 15 is 0 Å². The van der Waals surface area contributed by atoms with Gasteiger partial charge in [-0.05, 0) is 93.0 Å². The number of anilines is 2. The Morgan fingerprint density at radius 3 is 2.27 bits per heavy atom. The molecule has 0 bridgehead atoms. The maximum atomic E-state index is 2.62. The summed E-state index contributed by atoms with van der Waals surface area (Å²) in [6, 6.07) is 25.0. The molecule has 0 amide bonds. The Kier molecular flexibility index (Phi) is 5.61. The van der Waals surface area contributed by atoms with Crippen LogP contribution in [0.4, 0.5) is 11.4 Å². The highest BCUT2D eigenvalue weighted by Gasteiger charge is 2.41. The predicted octanol–water partition coefficient (Wildman–Crippen LogP) is 7.89. The van der Waals surface area contributed by atoms with Crippen LogP contribution in [0.2, 0.25) is 12.6 Å². The first-order valence-electron chi connectivity index (χ1n) is 12.8. The van der Waals surface area contributed by atoms with Gasteiger partial charge in [0.2, 0.25) is 0 Å². The Morgan fingerprint density at radius 1 is 0.848 bits per heavy atom. The molecular formula is C31H37NSi. The van der Waals surface area contributed by atoms with Gasteiger partial charge in [0.25, 0.3) is 0 Å². The molecule has 0 fully saturated rings. The van der Waals surface area contributed by atoms with Crippen LogP contribution in [0, 0.1) is 6.92 Å². The summed E-state index contributed by atoms with van der Waals surface area (Å²) in [6.07, 6.45) is 3.61. The van der Waals surface area contributed by atoms with Gasteiger partial charge in [-0.25, -0.2) is 0 Å². The molecule has 2 heteroatoms. The van der Waals surface area contributed by atoms with Gasteiger partial charge in [0, 0.05) is 18.4 Å². The summed E-state index contributed by atoms with van der Waals surface area (Å²) >= 11 is 0. The third-order valence-corrected chi connectivity index (χ3v) is 13.0. The van der Waals surface area contributed by atoms with Crippen molar-refractivity contribution in [2.75, 3.05) is 11.9 Å². The topological polar surface area (TPSA) is 3.24 Å². The molecular weight excluding hydrogens is 414 g/mol. The smallest absolute Gasteiger partial charge is 0.121 e. The largest absolute Gasteiger partial charge is 0.345 e. The SMILES string of the molecule is CCC[Si]1(C)c2cccc(C)c2N(C)c2ccc3cc4c(C(CC)CC)cccc4cc3c21. The van der Waals surface area contributed by atoms with E-state index in [0.29, 0.717) is 5.92 Å². The molecule has 0 spiro atoms. The van der Waals surface area contributed by atoms with Crippen LogP contribution in [-0.2, 0) is 0 Å². The first-order chi connectivity index (χ1) is 15.9. The second kappa shape index (κ2) is 8.33. The molecule has 0 aliphatic carbocycles. The number of benzene rings is 4. The molecule has 4 aromatic rings. The molecule has 1 heterocycles. The normalized spacial score (nSPS) is 17.6. The first-order valence-corrected chi connectivity index (χ1v) is 15.5. The summed E-state index contributed by atoms with van der Waals surface area (Å²) in [5.41, 5.74) is 5.78. The van der Waals surface area contributed by atoms with Crippen LogP contribution in [0.25, 0.3) is 21.5 Å². The van der Waals surface area contributed by atoms with E-state index in [1.165, 1.54) is 69.4 Å². The van der Waals surface area contributed by atoms with Gasteiger partial charge in [-0.1, -0.05) is 76.2 Å². The number of nitrogens with zero attached hydrogens (tertiary/aromatic N) is 1. The van der Waals surface area contributed by atoms with E-state index in [-0.39, 0.29) is 0 Å². The van der Waals surface area contributed by atoms with Crippen molar-refractivity contribution >= 4 is 51.4 Å². The molecule has 33 heavy (non-hydrogen) atoms. The molecule has 1 unspecified atom stereocenters. The Balaban J connectivity index is 1.85. The first kappa shape index (κ1) is 22.2. The quantitative estimate of drug-likeness (QED) is 0.220. The van der Waals surface area contributed by atoms with Crippen molar-refractivity contribution in [1.82, 2.24) is 0 Å². The Bertz CT molecular complexity index is 1350. The summed E-state index contributed by atoms with van der Waals surface area (Å²) in [4.78, 5) is 2.47. The Labute approximate surface area is 200 Å². The van der Waals surface area contributed by atoms with E-state index in [1.807, 2.05) is 0 Å². The van der Waals surface area contributed by atoms with Crippen LogP contribution in [0.3, 0.4) is 0 Å². The number of hydrogen-bond donors (Lipinski definition) is 0. The molecule has 1 aliphatic heterocycles. The average molecular weight is 452 g/mol. The van der Waals surface area contributed by atoms with Crippen molar-refractivity contribution in [3.05, 3.63) is 71.8 Å². The van der Waals surface area contributed by atoms with E-state index in [1.54, 1.807) is 10.4 Å². The van der Waals surface area contributed by atoms with Gasteiger partial charge in [0.15, 0.2) is 0 Å². The summed E-state index contributed by atoms with van der Waals surface area (Å²) in [7, 11) is 0.373. The minimum atomic E-state index is -1.89.